The fraction of sp³-hybridized carbons (Fsp3) is 0.750. The molecule has 0 radical (unpaired) electrons. The lowest BCUT2D eigenvalue weighted by Gasteiger charge is -2.10. The summed E-state index contributed by atoms with van der Waals surface area (Å²) in [6.07, 6.45) is 2.52. The molecule has 1 fully saturated rings. The minimum Gasteiger partial charge on any atom is -0.377 e. The molecule has 1 aliphatic heterocycles. The average Bonchev–Trinajstić information content (AvgIpc) is 2.91. The minimum absolute atomic E-state index is 0.218. The van der Waals surface area contributed by atoms with E-state index in [0.717, 1.165) is 31.7 Å². The van der Waals surface area contributed by atoms with Crippen molar-refractivity contribution in [2.75, 3.05) is 13.2 Å². The Morgan fingerprint density at radius 2 is 2.41 bits per heavy atom. The Morgan fingerprint density at radius 1 is 1.59 bits per heavy atom. The van der Waals surface area contributed by atoms with E-state index in [9.17, 15) is 4.39 Å². The van der Waals surface area contributed by atoms with E-state index in [1.807, 2.05) is 13.8 Å². The third-order valence-corrected chi connectivity index (χ3v) is 3.18. The summed E-state index contributed by atoms with van der Waals surface area (Å²) in [6, 6.07) is 0. The summed E-state index contributed by atoms with van der Waals surface area (Å²) in [5, 5.41) is 7.39. The number of nitrogens with one attached hydrogen (secondary N) is 1. The second-order valence-corrected chi connectivity index (χ2v) is 4.44. The third-order valence-electron chi connectivity index (χ3n) is 3.18. The van der Waals surface area contributed by atoms with Gasteiger partial charge in [0.25, 0.3) is 0 Å². The highest BCUT2D eigenvalue weighted by molar-refractivity contribution is 5.17. The zero-order valence-electron chi connectivity index (χ0n) is 10.5. The fourth-order valence-electron chi connectivity index (χ4n) is 2.16. The van der Waals surface area contributed by atoms with E-state index in [1.54, 1.807) is 0 Å². The molecule has 0 amide bonds. The van der Waals surface area contributed by atoms with Crippen molar-refractivity contribution in [2.24, 2.45) is 0 Å². The summed E-state index contributed by atoms with van der Waals surface area (Å²) >= 11 is 0. The van der Waals surface area contributed by atoms with Gasteiger partial charge in [-0.3, -0.25) is 0 Å². The Morgan fingerprint density at radius 3 is 3.00 bits per heavy atom. The monoisotopic (exact) mass is 241 g/mol. The van der Waals surface area contributed by atoms with E-state index in [4.69, 9.17) is 4.74 Å². The van der Waals surface area contributed by atoms with Gasteiger partial charge in [0.15, 0.2) is 0 Å². The van der Waals surface area contributed by atoms with Crippen molar-refractivity contribution < 1.29 is 9.13 Å². The Kier molecular flexibility index (Phi) is 4.12. The SMILES string of the molecule is CCn1nc(C)c(CNC[C@H]2CCCO2)c1F. The van der Waals surface area contributed by atoms with Crippen LogP contribution in [0.5, 0.6) is 0 Å². The van der Waals surface area contributed by atoms with Gasteiger partial charge < -0.3 is 10.1 Å². The van der Waals surface area contributed by atoms with Crippen molar-refractivity contribution in [3.8, 4) is 0 Å². The van der Waals surface area contributed by atoms with Gasteiger partial charge in [0.05, 0.1) is 11.8 Å². The molecule has 0 unspecified atom stereocenters. The first-order valence-corrected chi connectivity index (χ1v) is 6.26. The van der Waals surface area contributed by atoms with Crippen molar-refractivity contribution in [1.29, 1.82) is 0 Å². The zero-order chi connectivity index (χ0) is 12.3. The van der Waals surface area contributed by atoms with Gasteiger partial charge in [0.1, 0.15) is 0 Å². The van der Waals surface area contributed by atoms with E-state index in [2.05, 4.69) is 10.4 Å². The van der Waals surface area contributed by atoms with Crippen molar-refractivity contribution in [2.45, 2.75) is 45.9 Å². The average molecular weight is 241 g/mol. The number of hydrogen-bond acceptors (Lipinski definition) is 3. The van der Waals surface area contributed by atoms with E-state index < -0.39 is 0 Å². The molecule has 1 aliphatic rings. The van der Waals surface area contributed by atoms with Crippen LogP contribution in [0.2, 0.25) is 0 Å². The summed E-state index contributed by atoms with van der Waals surface area (Å²) in [7, 11) is 0. The molecular formula is C12H20FN3O. The summed E-state index contributed by atoms with van der Waals surface area (Å²) in [4.78, 5) is 0. The quantitative estimate of drug-likeness (QED) is 0.851. The highest BCUT2D eigenvalue weighted by Crippen LogP contribution is 2.13. The van der Waals surface area contributed by atoms with Crippen LogP contribution in [0.1, 0.15) is 31.0 Å². The lowest BCUT2D eigenvalue weighted by Crippen LogP contribution is -2.26. The second-order valence-electron chi connectivity index (χ2n) is 4.44. The van der Waals surface area contributed by atoms with Gasteiger partial charge in [0.2, 0.25) is 5.95 Å². The molecule has 4 nitrogen and oxygen atoms in total. The van der Waals surface area contributed by atoms with Gasteiger partial charge in [-0.15, -0.1) is 0 Å². The number of rotatable bonds is 5. The lowest BCUT2D eigenvalue weighted by atomic mass is 10.2. The van der Waals surface area contributed by atoms with Crippen LogP contribution in [0, 0.1) is 12.9 Å². The number of hydrogen-bond donors (Lipinski definition) is 1. The van der Waals surface area contributed by atoms with Gasteiger partial charge in [-0.1, -0.05) is 0 Å². The molecule has 1 atom stereocenters. The Balaban J connectivity index is 1.87. The molecule has 2 heterocycles. The fourth-order valence-corrected chi connectivity index (χ4v) is 2.16. The van der Waals surface area contributed by atoms with Gasteiger partial charge in [-0.2, -0.15) is 9.49 Å². The van der Waals surface area contributed by atoms with Crippen LogP contribution in [0.3, 0.4) is 0 Å². The molecule has 1 N–H and O–H groups in total. The van der Waals surface area contributed by atoms with Gasteiger partial charge >= 0.3 is 0 Å². The highest BCUT2D eigenvalue weighted by atomic mass is 19.1. The number of aromatic nitrogens is 2. The molecule has 1 aromatic rings. The largest absolute Gasteiger partial charge is 0.377 e. The number of ether oxygens (including phenoxy) is 1. The number of aryl methyl sites for hydroxylation is 2. The molecule has 5 heteroatoms. The lowest BCUT2D eigenvalue weighted by molar-refractivity contribution is 0.110. The standard InChI is InChI=1S/C12H20FN3O/c1-3-16-12(13)11(9(2)15-16)8-14-7-10-5-4-6-17-10/h10,14H,3-8H2,1-2H3/t10-/m1/s1. The maximum Gasteiger partial charge on any atom is 0.216 e. The van der Waals surface area contributed by atoms with Gasteiger partial charge in [-0.25, -0.2) is 4.68 Å². The van der Waals surface area contributed by atoms with E-state index in [1.165, 1.54) is 4.68 Å². The second kappa shape index (κ2) is 5.60. The Hall–Kier alpha value is -0.940. The molecule has 0 bridgehead atoms. The van der Waals surface area contributed by atoms with Gasteiger partial charge in [0, 0.05) is 31.8 Å². The maximum absolute atomic E-state index is 13.8. The Labute approximate surface area is 101 Å². The highest BCUT2D eigenvalue weighted by Gasteiger charge is 2.17. The first-order valence-electron chi connectivity index (χ1n) is 6.26. The maximum atomic E-state index is 13.8. The van der Waals surface area contributed by atoms with Crippen LogP contribution >= 0.6 is 0 Å². The summed E-state index contributed by atoms with van der Waals surface area (Å²) in [5.74, 6) is -0.218. The first kappa shape index (κ1) is 12.5. The van der Waals surface area contributed by atoms with Crippen molar-refractivity contribution in [3.63, 3.8) is 0 Å². The minimum atomic E-state index is -0.218. The van der Waals surface area contributed by atoms with Crippen LogP contribution in [-0.4, -0.2) is 29.0 Å². The molecule has 1 saturated heterocycles. The molecule has 0 spiro atoms. The molecule has 0 saturated carbocycles. The molecule has 96 valence electrons. The normalized spacial score (nSPS) is 20.1. The zero-order valence-corrected chi connectivity index (χ0v) is 10.5. The van der Waals surface area contributed by atoms with Crippen LogP contribution in [0.25, 0.3) is 0 Å². The van der Waals surface area contributed by atoms with Crippen LogP contribution < -0.4 is 5.32 Å². The molecule has 17 heavy (non-hydrogen) atoms. The van der Waals surface area contributed by atoms with E-state index in [0.29, 0.717) is 24.8 Å². The third kappa shape index (κ3) is 2.84. The van der Waals surface area contributed by atoms with Crippen LogP contribution in [0.15, 0.2) is 0 Å². The topological polar surface area (TPSA) is 39.1 Å². The summed E-state index contributed by atoms with van der Waals surface area (Å²) < 4.78 is 20.7. The predicted molar refractivity (Wildman–Crippen MR) is 63.3 cm³/mol. The first-order chi connectivity index (χ1) is 8.22. The molecule has 1 aromatic heterocycles. The van der Waals surface area contributed by atoms with E-state index in [-0.39, 0.29) is 5.95 Å². The molecule has 0 aliphatic carbocycles. The van der Waals surface area contributed by atoms with Crippen molar-refractivity contribution in [3.05, 3.63) is 17.2 Å². The Bertz CT molecular complexity index is 372. The van der Waals surface area contributed by atoms with Gasteiger partial charge in [-0.05, 0) is 26.7 Å². The molecular weight excluding hydrogens is 221 g/mol. The number of halogens is 1. The van der Waals surface area contributed by atoms with Crippen LogP contribution in [-0.2, 0) is 17.8 Å². The summed E-state index contributed by atoms with van der Waals surface area (Å²) in [5.41, 5.74) is 1.44. The number of nitrogens with zero attached hydrogens (tertiary/aromatic N) is 2. The predicted octanol–water partition coefficient (Wildman–Crippen LogP) is 1.62. The van der Waals surface area contributed by atoms with Crippen molar-refractivity contribution in [1.82, 2.24) is 15.1 Å². The van der Waals surface area contributed by atoms with E-state index >= 15 is 0 Å². The molecule has 0 aromatic carbocycles. The van der Waals surface area contributed by atoms with Crippen molar-refractivity contribution >= 4 is 0 Å². The van der Waals surface area contributed by atoms with Crippen LogP contribution in [0.4, 0.5) is 4.39 Å². The molecule has 2 rings (SSSR count). The smallest absolute Gasteiger partial charge is 0.216 e. The summed E-state index contributed by atoms with van der Waals surface area (Å²) in [6.45, 7) is 6.47.